The zero-order chi connectivity index (χ0) is 14.9. The van der Waals surface area contributed by atoms with Gasteiger partial charge in [-0.3, -0.25) is 4.90 Å². The highest BCUT2D eigenvalue weighted by molar-refractivity contribution is 9.11. The van der Waals surface area contributed by atoms with Crippen LogP contribution in [0.25, 0.3) is 0 Å². The molecule has 1 aliphatic rings. The fourth-order valence-corrected chi connectivity index (χ4v) is 2.64. The average Bonchev–Trinajstić information content (AvgIpc) is 2.40. The van der Waals surface area contributed by atoms with E-state index < -0.39 is 0 Å². The minimum absolute atomic E-state index is 0.111. The van der Waals surface area contributed by atoms with Crippen molar-refractivity contribution in [3.63, 3.8) is 0 Å². The molecule has 0 saturated heterocycles. The van der Waals surface area contributed by atoms with Gasteiger partial charge in [-0.1, -0.05) is 21.5 Å². The predicted molar refractivity (Wildman–Crippen MR) is 84.8 cm³/mol. The van der Waals surface area contributed by atoms with Gasteiger partial charge in [0, 0.05) is 31.7 Å². The molecule has 110 valence electrons. The fourth-order valence-electron chi connectivity index (χ4n) is 2.12. The van der Waals surface area contributed by atoms with E-state index in [4.69, 9.17) is 5.73 Å². The molecule has 0 aromatic carbocycles. The third-order valence-electron chi connectivity index (χ3n) is 3.56. The summed E-state index contributed by atoms with van der Waals surface area (Å²) in [5, 5.41) is 0. The van der Waals surface area contributed by atoms with Crippen LogP contribution in [0.3, 0.4) is 0 Å². The minimum atomic E-state index is 0.111. The van der Waals surface area contributed by atoms with Crippen molar-refractivity contribution in [3.05, 3.63) is 15.9 Å². The molecule has 0 saturated carbocycles. The summed E-state index contributed by atoms with van der Waals surface area (Å²) in [7, 11) is 3.79. The van der Waals surface area contributed by atoms with E-state index in [0.29, 0.717) is 5.95 Å². The van der Waals surface area contributed by atoms with E-state index in [2.05, 4.69) is 49.6 Å². The summed E-state index contributed by atoms with van der Waals surface area (Å²) in [5.41, 5.74) is 7.20. The van der Waals surface area contributed by atoms with Gasteiger partial charge in [0.15, 0.2) is 5.82 Å². The zero-order valence-electron chi connectivity index (χ0n) is 12.4. The molecule has 20 heavy (non-hydrogen) atoms. The maximum absolute atomic E-state index is 5.79. The van der Waals surface area contributed by atoms with Gasteiger partial charge in [0.1, 0.15) is 0 Å². The number of hydrogen-bond acceptors (Lipinski definition) is 6. The van der Waals surface area contributed by atoms with Crippen LogP contribution in [0.5, 0.6) is 0 Å². The molecule has 2 N–H and O–H groups in total. The smallest absolute Gasteiger partial charge is 0.229 e. The molecule has 1 aliphatic heterocycles. The van der Waals surface area contributed by atoms with E-state index in [9.17, 15) is 0 Å². The summed E-state index contributed by atoms with van der Waals surface area (Å²) < 4.78 is 1.26. The monoisotopic (exact) mass is 340 g/mol. The molecule has 0 amide bonds. The molecule has 0 fully saturated rings. The van der Waals surface area contributed by atoms with E-state index >= 15 is 0 Å². The van der Waals surface area contributed by atoms with E-state index in [1.165, 1.54) is 10.1 Å². The average molecular weight is 341 g/mol. The Kier molecular flexibility index (Phi) is 4.59. The Bertz CT molecular complexity index is 528. The van der Waals surface area contributed by atoms with E-state index in [0.717, 1.165) is 25.3 Å². The third kappa shape index (κ3) is 3.27. The van der Waals surface area contributed by atoms with Gasteiger partial charge < -0.3 is 10.6 Å². The van der Waals surface area contributed by atoms with Crippen molar-refractivity contribution < 1.29 is 0 Å². The molecule has 0 radical (unpaired) electrons. The molecule has 1 aromatic rings. The number of aromatic nitrogens is 3. The van der Waals surface area contributed by atoms with Crippen molar-refractivity contribution in [3.8, 4) is 0 Å². The Morgan fingerprint density at radius 3 is 2.60 bits per heavy atom. The van der Waals surface area contributed by atoms with Gasteiger partial charge in [-0.05, 0) is 20.3 Å². The van der Waals surface area contributed by atoms with Crippen LogP contribution < -0.4 is 10.6 Å². The lowest BCUT2D eigenvalue weighted by molar-refractivity contribution is 0.217. The first kappa shape index (κ1) is 15.2. The summed E-state index contributed by atoms with van der Waals surface area (Å²) in [6.07, 6.45) is 1.06. The standard InChI is InChI=1S/C13H21BrN6/c1-8-5-6-20(7-10(8)14)9(2)11-16-12(15)18-13(17-11)19(3)4/h9H,5-7H2,1-4H3,(H2,15,16,17,18)/t9-/m1/s1. The lowest BCUT2D eigenvalue weighted by Crippen LogP contribution is -2.34. The number of halogens is 1. The van der Waals surface area contributed by atoms with Crippen LogP contribution in [0.1, 0.15) is 32.1 Å². The van der Waals surface area contributed by atoms with Gasteiger partial charge in [0.25, 0.3) is 0 Å². The topological polar surface area (TPSA) is 71.2 Å². The molecule has 1 aromatic heterocycles. The summed E-state index contributed by atoms with van der Waals surface area (Å²) in [4.78, 5) is 17.1. The molecule has 6 nitrogen and oxygen atoms in total. The highest BCUT2D eigenvalue weighted by Gasteiger charge is 2.24. The lowest BCUT2D eigenvalue weighted by Gasteiger charge is -2.32. The highest BCUT2D eigenvalue weighted by atomic mass is 79.9. The summed E-state index contributed by atoms with van der Waals surface area (Å²) in [6.45, 7) is 6.16. The fraction of sp³-hybridized carbons (Fsp3) is 0.615. The van der Waals surface area contributed by atoms with Crippen molar-refractivity contribution in [2.75, 3.05) is 37.8 Å². The first-order valence-electron chi connectivity index (χ1n) is 6.65. The molecule has 0 spiro atoms. The minimum Gasteiger partial charge on any atom is -0.368 e. The van der Waals surface area contributed by atoms with Crippen LogP contribution in [0.4, 0.5) is 11.9 Å². The summed E-state index contributed by atoms with van der Waals surface area (Å²) in [6, 6.07) is 0.111. The van der Waals surface area contributed by atoms with Crippen molar-refractivity contribution in [1.29, 1.82) is 0 Å². The van der Waals surface area contributed by atoms with Gasteiger partial charge in [-0.15, -0.1) is 0 Å². The van der Waals surface area contributed by atoms with Gasteiger partial charge in [-0.25, -0.2) is 0 Å². The van der Waals surface area contributed by atoms with E-state index in [1.54, 1.807) is 0 Å². The largest absolute Gasteiger partial charge is 0.368 e. The van der Waals surface area contributed by atoms with Gasteiger partial charge >= 0.3 is 0 Å². The van der Waals surface area contributed by atoms with Crippen molar-refractivity contribution in [2.24, 2.45) is 0 Å². The second-order valence-electron chi connectivity index (χ2n) is 5.33. The Morgan fingerprint density at radius 1 is 1.30 bits per heavy atom. The van der Waals surface area contributed by atoms with Crippen LogP contribution in [0.15, 0.2) is 10.1 Å². The zero-order valence-corrected chi connectivity index (χ0v) is 14.0. The van der Waals surface area contributed by atoms with Crippen LogP contribution in [0, 0.1) is 0 Å². The molecule has 0 bridgehead atoms. The molecule has 7 heteroatoms. The van der Waals surface area contributed by atoms with Gasteiger partial charge in [-0.2, -0.15) is 15.0 Å². The second kappa shape index (κ2) is 6.05. The van der Waals surface area contributed by atoms with Crippen LogP contribution >= 0.6 is 15.9 Å². The van der Waals surface area contributed by atoms with Crippen molar-refractivity contribution in [1.82, 2.24) is 19.9 Å². The highest BCUT2D eigenvalue weighted by Crippen LogP contribution is 2.28. The number of rotatable bonds is 3. The Balaban J connectivity index is 2.23. The normalized spacial score (nSPS) is 18.2. The first-order valence-corrected chi connectivity index (χ1v) is 7.44. The van der Waals surface area contributed by atoms with Gasteiger partial charge in [0.2, 0.25) is 11.9 Å². The maximum atomic E-state index is 5.79. The maximum Gasteiger partial charge on any atom is 0.229 e. The number of nitrogens with zero attached hydrogens (tertiary/aromatic N) is 5. The quantitative estimate of drug-likeness (QED) is 0.906. The summed E-state index contributed by atoms with van der Waals surface area (Å²) >= 11 is 3.64. The number of hydrogen-bond donors (Lipinski definition) is 1. The molecule has 2 rings (SSSR count). The van der Waals surface area contributed by atoms with Crippen molar-refractivity contribution in [2.45, 2.75) is 26.3 Å². The van der Waals surface area contributed by atoms with Crippen LogP contribution in [-0.4, -0.2) is 47.0 Å². The number of nitrogens with two attached hydrogens (primary N) is 1. The second-order valence-corrected chi connectivity index (χ2v) is 6.29. The SMILES string of the molecule is CC1=C(Br)CN([C@H](C)c2nc(N)nc(N(C)C)n2)CC1. The molecule has 1 atom stereocenters. The van der Waals surface area contributed by atoms with Crippen LogP contribution in [0.2, 0.25) is 0 Å². The van der Waals surface area contributed by atoms with Crippen molar-refractivity contribution >= 4 is 27.8 Å². The molecule has 0 aliphatic carbocycles. The first-order chi connectivity index (χ1) is 9.38. The van der Waals surface area contributed by atoms with Gasteiger partial charge in [0.05, 0.1) is 6.04 Å². The molecular formula is C13H21BrN6. The Labute approximate surface area is 128 Å². The Morgan fingerprint density at radius 2 is 2.00 bits per heavy atom. The van der Waals surface area contributed by atoms with E-state index in [1.807, 2.05) is 19.0 Å². The molecular weight excluding hydrogens is 320 g/mol. The summed E-state index contributed by atoms with van der Waals surface area (Å²) in [5.74, 6) is 1.59. The third-order valence-corrected chi connectivity index (χ3v) is 4.49. The number of anilines is 2. The van der Waals surface area contributed by atoms with Crippen LogP contribution in [-0.2, 0) is 0 Å². The number of nitrogen functional groups attached to an aromatic ring is 1. The lowest BCUT2D eigenvalue weighted by atomic mass is 10.1. The molecule has 0 unspecified atom stereocenters. The molecule has 2 heterocycles. The van der Waals surface area contributed by atoms with E-state index in [-0.39, 0.29) is 12.0 Å². The Hall–Kier alpha value is -1.21. The predicted octanol–water partition coefficient (Wildman–Crippen LogP) is 1.96.